The molecule has 0 aromatic heterocycles. The van der Waals surface area contributed by atoms with E-state index in [-0.39, 0.29) is 18.1 Å². The van der Waals surface area contributed by atoms with E-state index in [1.54, 1.807) is 9.80 Å². The Morgan fingerprint density at radius 1 is 1.25 bits per heavy atom. The molecular weight excluding hydrogens is 260 g/mol. The van der Waals surface area contributed by atoms with Crippen molar-refractivity contribution >= 4 is 12.0 Å². The van der Waals surface area contributed by atoms with Crippen LogP contribution in [0.2, 0.25) is 0 Å². The molecule has 0 radical (unpaired) electrons. The van der Waals surface area contributed by atoms with E-state index in [9.17, 15) is 9.59 Å². The zero-order chi connectivity index (χ0) is 14.7. The standard InChI is InChI=1S/C14H24N2O4/c1-3-20-11-5-4-6-15(8-11)14(19)16-7-10(2)12(9-16)13(17)18/h10-12H,3-9H2,1-2H3,(H,17,18). The molecule has 20 heavy (non-hydrogen) atoms. The second kappa shape index (κ2) is 6.43. The van der Waals surface area contributed by atoms with Crippen molar-refractivity contribution < 1.29 is 19.4 Å². The number of aliphatic carboxylic acids is 1. The number of piperidine rings is 1. The lowest BCUT2D eigenvalue weighted by molar-refractivity contribution is -0.142. The number of rotatable bonds is 3. The quantitative estimate of drug-likeness (QED) is 0.847. The van der Waals surface area contributed by atoms with Gasteiger partial charge < -0.3 is 19.6 Å². The van der Waals surface area contributed by atoms with Gasteiger partial charge >= 0.3 is 12.0 Å². The molecule has 2 amide bonds. The minimum absolute atomic E-state index is 0.0175. The minimum Gasteiger partial charge on any atom is -0.481 e. The van der Waals surface area contributed by atoms with Crippen LogP contribution in [-0.4, -0.2) is 65.8 Å². The molecule has 0 aromatic carbocycles. The second-order valence-corrected chi connectivity index (χ2v) is 5.78. The zero-order valence-corrected chi connectivity index (χ0v) is 12.2. The van der Waals surface area contributed by atoms with Gasteiger partial charge in [-0.15, -0.1) is 0 Å². The van der Waals surface area contributed by atoms with Gasteiger partial charge in [0.1, 0.15) is 0 Å². The molecule has 1 N–H and O–H groups in total. The van der Waals surface area contributed by atoms with Crippen LogP contribution in [0.15, 0.2) is 0 Å². The highest BCUT2D eigenvalue weighted by atomic mass is 16.5. The number of carbonyl (C=O) groups is 2. The predicted molar refractivity (Wildman–Crippen MR) is 73.5 cm³/mol. The first-order chi connectivity index (χ1) is 9.52. The van der Waals surface area contributed by atoms with Crippen molar-refractivity contribution in [1.82, 2.24) is 9.80 Å². The Morgan fingerprint density at radius 2 is 2.00 bits per heavy atom. The van der Waals surface area contributed by atoms with Gasteiger partial charge in [-0.3, -0.25) is 4.79 Å². The summed E-state index contributed by atoms with van der Waals surface area (Å²) in [6.45, 7) is 6.73. The first kappa shape index (κ1) is 15.1. The number of hydrogen-bond acceptors (Lipinski definition) is 3. The topological polar surface area (TPSA) is 70.1 Å². The molecular formula is C14H24N2O4. The van der Waals surface area contributed by atoms with Crippen LogP contribution in [0.1, 0.15) is 26.7 Å². The molecule has 3 unspecified atom stereocenters. The number of urea groups is 1. The van der Waals surface area contributed by atoms with Gasteiger partial charge in [0.2, 0.25) is 0 Å². The molecule has 0 bridgehead atoms. The number of carboxylic acid groups (broad SMARTS) is 1. The fourth-order valence-electron chi connectivity index (χ4n) is 3.13. The first-order valence-corrected chi connectivity index (χ1v) is 7.41. The molecule has 0 saturated carbocycles. The summed E-state index contributed by atoms with van der Waals surface area (Å²) in [5, 5.41) is 9.13. The Hall–Kier alpha value is -1.30. The van der Waals surface area contributed by atoms with Crippen LogP contribution in [-0.2, 0) is 9.53 Å². The lowest BCUT2D eigenvalue weighted by Gasteiger charge is -2.35. The van der Waals surface area contributed by atoms with Gasteiger partial charge in [-0.05, 0) is 25.7 Å². The zero-order valence-electron chi connectivity index (χ0n) is 12.2. The molecule has 114 valence electrons. The molecule has 2 fully saturated rings. The van der Waals surface area contributed by atoms with E-state index in [0.717, 1.165) is 19.4 Å². The third-order valence-electron chi connectivity index (χ3n) is 4.25. The number of carboxylic acids is 1. The van der Waals surface area contributed by atoms with Crippen LogP contribution in [0, 0.1) is 11.8 Å². The number of hydrogen-bond donors (Lipinski definition) is 1. The normalized spacial score (nSPS) is 30.6. The first-order valence-electron chi connectivity index (χ1n) is 7.41. The van der Waals surface area contributed by atoms with Gasteiger partial charge in [0, 0.05) is 32.8 Å². The highest BCUT2D eigenvalue weighted by Crippen LogP contribution is 2.25. The lowest BCUT2D eigenvalue weighted by Crippen LogP contribution is -2.49. The van der Waals surface area contributed by atoms with Crippen LogP contribution in [0.3, 0.4) is 0 Å². The number of amides is 2. The van der Waals surface area contributed by atoms with E-state index in [1.165, 1.54) is 0 Å². The fourth-order valence-corrected chi connectivity index (χ4v) is 3.13. The van der Waals surface area contributed by atoms with E-state index < -0.39 is 11.9 Å². The summed E-state index contributed by atoms with van der Waals surface area (Å²) in [7, 11) is 0. The average molecular weight is 284 g/mol. The van der Waals surface area contributed by atoms with Gasteiger partial charge in [-0.25, -0.2) is 4.79 Å². The van der Waals surface area contributed by atoms with Crippen molar-refractivity contribution in [2.75, 3.05) is 32.8 Å². The average Bonchev–Trinajstić information content (AvgIpc) is 2.81. The van der Waals surface area contributed by atoms with Crippen molar-refractivity contribution in [3.05, 3.63) is 0 Å². The Balaban J connectivity index is 1.93. The molecule has 2 heterocycles. The highest BCUT2D eigenvalue weighted by molar-refractivity contribution is 5.78. The molecule has 2 aliphatic heterocycles. The molecule has 2 rings (SSSR count). The number of carbonyl (C=O) groups excluding carboxylic acids is 1. The van der Waals surface area contributed by atoms with Gasteiger partial charge in [0.25, 0.3) is 0 Å². The van der Waals surface area contributed by atoms with Crippen molar-refractivity contribution in [2.24, 2.45) is 11.8 Å². The monoisotopic (exact) mass is 284 g/mol. The number of likely N-dealkylation sites (tertiary alicyclic amines) is 2. The van der Waals surface area contributed by atoms with Crippen molar-refractivity contribution in [3.63, 3.8) is 0 Å². The Labute approximate surface area is 119 Å². The van der Waals surface area contributed by atoms with Crippen LogP contribution < -0.4 is 0 Å². The van der Waals surface area contributed by atoms with Gasteiger partial charge in [0.05, 0.1) is 12.0 Å². The van der Waals surface area contributed by atoms with E-state index >= 15 is 0 Å². The van der Waals surface area contributed by atoms with Crippen molar-refractivity contribution in [1.29, 1.82) is 0 Å². The van der Waals surface area contributed by atoms with Crippen molar-refractivity contribution in [2.45, 2.75) is 32.8 Å². The summed E-state index contributed by atoms with van der Waals surface area (Å²) in [6.07, 6.45) is 2.06. The maximum absolute atomic E-state index is 12.5. The summed E-state index contributed by atoms with van der Waals surface area (Å²) in [5.41, 5.74) is 0. The number of ether oxygens (including phenoxy) is 1. The molecule has 0 aromatic rings. The van der Waals surface area contributed by atoms with Crippen LogP contribution in [0.5, 0.6) is 0 Å². The molecule has 6 nitrogen and oxygen atoms in total. The molecule has 2 saturated heterocycles. The van der Waals surface area contributed by atoms with Gasteiger partial charge in [-0.1, -0.05) is 6.92 Å². The number of nitrogens with zero attached hydrogens (tertiary/aromatic N) is 2. The molecule has 6 heteroatoms. The third-order valence-corrected chi connectivity index (χ3v) is 4.25. The highest BCUT2D eigenvalue weighted by Gasteiger charge is 2.39. The van der Waals surface area contributed by atoms with Crippen LogP contribution in [0.25, 0.3) is 0 Å². The fraction of sp³-hybridized carbons (Fsp3) is 0.857. The Morgan fingerprint density at radius 3 is 2.60 bits per heavy atom. The molecule has 0 aliphatic carbocycles. The van der Waals surface area contributed by atoms with E-state index in [0.29, 0.717) is 26.2 Å². The minimum atomic E-state index is -0.807. The van der Waals surface area contributed by atoms with E-state index in [4.69, 9.17) is 9.84 Å². The second-order valence-electron chi connectivity index (χ2n) is 5.78. The Bertz CT molecular complexity index is 372. The molecule has 2 aliphatic rings. The Kier molecular flexibility index (Phi) is 4.86. The summed E-state index contributed by atoms with van der Waals surface area (Å²) >= 11 is 0. The van der Waals surface area contributed by atoms with Crippen molar-refractivity contribution in [3.8, 4) is 0 Å². The molecule has 3 atom stereocenters. The van der Waals surface area contributed by atoms with E-state index in [2.05, 4.69) is 0 Å². The summed E-state index contributed by atoms with van der Waals surface area (Å²) in [4.78, 5) is 27.1. The van der Waals surface area contributed by atoms with Gasteiger partial charge in [0.15, 0.2) is 0 Å². The lowest BCUT2D eigenvalue weighted by atomic mass is 9.99. The third kappa shape index (κ3) is 3.23. The van der Waals surface area contributed by atoms with Gasteiger partial charge in [-0.2, -0.15) is 0 Å². The maximum Gasteiger partial charge on any atom is 0.320 e. The predicted octanol–water partition coefficient (Wildman–Crippen LogP) is 1.26. The summed E-state index contributed by atoms with van der Waals surface area (Å²) in [6, 6.07) is -0.0370. The van der Waals surface area contributed by atoms with E-state index in [1.807, 2.05) is 13.8 Å². The molecule has 0 spiro atoms. The summed E-state index contributed by atoms with van der Waals surface area (Å²) in [5.74, 6) is -1.23. The smallest absolute Gasteiger partial charge is 0.320 e. The summed E-state index contributed by atoms with van der Waals surface area (Å²) < 4.78 is 5.60. The largest absolute Gasteiger partial charge is 0.481 e. The van der Waals surface area contributed by atoms with Crippen LogP contribution >= 0.6 is 0 Å². The maximum atomic E-state index is 12.5. The van der Waals surface area contributed by atoms with Crippen LogP contribution in [0.4, 0.5) is 4.79 Å². The SMILES string of the molecule is CCOC1CCCN(C(=O)N2CC(C)C(C(=O)O)C2)C1.